The van der Waals surface area contributed by atoms with Crippen molar-refractivity contribution in [1.82, 2.24) is 0 Å². The molecule has 0 saturated carbocycles. The van der Waals surface area contributed by atoms with Gasteiger partial charge >= 0.3 is 15.6 Å². The van der Waals surface area contributed by atoms with E-state index >= 15 is 0 Å². The lowest BCUT2D eigenvalue weighted by Gasteiger charge is -1.82. The van der Waals surface area contributed by atoms with Gasteiger partial charge in [0.15, 0.2) is 0 Å². The van der Waals surface area contributed by atoms with Crippen LogP contribution in [0.3, 0.4) is 0 Å². The maximum absolute atomic E-state index is 8.88. The minimum atomic E-state index is -4.64. The SMILES string of the molecule is C.CCCC.CCCC.CCCC.CCCC.O=P(O)(O)O.O=P(O)(O)O. The van der Waals surface area contributed by atoms with Crippen molar-refractivity contribution in [2.45, 2.75) is 114 Å². The van der Waals surface area contributed by atoms with Crippen LogP contribution >= 0.6 is 15.6 Å². The molecule has 27 heavy (non-hydrogen) atoms. The minimum absolute atomic E-state index is 0. The maximum atomic E-state index is 8.88. The van der Waals surface area contributed by atoms with Crippen LogP contribution < -0.4 is 0 Å². The van der Waals surface area contributed by atoms with E-state index in [4.69, 9.17) is 38.5 Å². The highest BCUT2D eigenvalue weighted by molar-refractivity contribution is 7.45. The van der Waals surface area contributed by atoms with E-state index in [1.807, 2.05) is 0 Å². The summed E-state index contributed by atoms with van der Waals surface area (Å²) in [4.78, 5) is 43.1. The Morgan fingerprint density at radius 2 is 0.444 bits per heavy atom. The lowest BCUT2D eigenvalue weighted by molar-refractivity contribution is 0.272. The Balaban J connectivity index is -0.0000000354. The Labute approximate surface area is 168 Å². The monoisotopic (exact) mass is 444 g/mol. The molecule has 0 amide bonds. The standard InChI is InChI=1S/4C4H10.CH4.2H3O4P/c4*1-3-4-2;;2*1-5(2,3)4/h4*3-4H2,1-2H3;1H4;2*(H3,1,2,3,4). The molecule has 0 unspecified atom stereocenters. The van der Waals surface area contributed by atoms with Crippen LogP contribution in [0.4, 0.5) is 0 Å². The Kier molecular flexibility index (Phi) is 69.1. The van der Waals surface area contributed by atoms with Gasteiger partial charge < -0.3 is 29.4 Å². The van der Waals surface area contributed by atoms with Crippen molar-refractivity contribution in [3.8, 4) is 0 Å². The molecule has 0 radical (unpaired) electrons. The average molecular weight is 445 g/mol. The first kappa shape index (κ1) is 45.8. The molecular weight excluding hydrogens is 394 g/mol. The van der Waals surface area contributed by atoms with Crippen molar-refractivity contribution >= 4 is 15.6 Å². The Hall–Kier alpha value is 0.220. The van der Waals surface area contributed by atoms with E-state index in [9.17, 15) is 0 Å². The number of hydrogen-bond acceptors (Lipinski definition) is 2. The van der Waals surface area contributed by atoms with Crippen molar-refractivity contribution in [3.63, 3.8) is 0 Å². The van der Waals surface area contributed by atoms with Gasteiger partial charge in [-0.05, 0) is 0 Å². The number of unbranched alkanes of at least 4 members (excludes halogenated alkanes) is 4. The summed E-state index contributed by atoms with van der Waals surface area (Å²) in [5.41, 5.74) is 0. The summed E-state index contributed by atoms with van der Waals surface area (Å²) in [5.74, 6) is 0. The zero-order valence-corrected chi connectivity index (χ0v) is 19.8. The summed E-state index contributed by atoms with van der Waals surface area (Å²) < 4.78 is 17.8. The fraction of sp³-hybridized carbons (Fsp3) is 1.00. The second-order valence-electron chi connectivity index (χ2n) is 5.03. The third kappa shape index (κ3) is 864. The molecule has 10 heteroatoms. The fourth-order valence-electron chi connectivity index (χ4n) is 0. The van der Waals surface area contributed by atoms with Gasteiger partial charge in [-0.3, -0.25) is 0 Å². The molecule has 0 aliphatic rings. The smallest absolute Gasteiger partial charge is 0.303 e. The normalized spacial score (nSPS) is 8.81. The third-order valence-corrected chi connectivity index (χ3v) is 2.00. The van der Waals surface area contributed by atoms with Gasteiger partial charge in [0, 0.05) is 0 Å². The molecule has 0 aromatic carbocycles. The van der Waals surface area contributed by atoms with E-state index < -0.39 is 15.6 Å². The van der Waals surface area contributed by atoms with Crippen LogP contribution in [-0.2, 0) is 9.13 Å². The molecule has 0 aromatic rings. The van der Waals surface area contributed by atoms with Gasteiger partial charge in [0.1, 0.15) is 0 Å². The largest absolute Gasteiger partial charge is 0.466 e. The van der Waals surface area contributed by atoms with E-state index in [1.54, 1.807) is 0 Å². The molecule has 8 nitrogen and oxygen atoms in total. The maximum Gasteiger partial charge on any atom is 0.466 e. The molecule has 0 fully saturated rings. The summed E-state index contributed by atoms with van der Waals surface area (Å²) in [5, 5.41) is 0. The molecule has 6 N–H and O–H groups in total. The van der Waals surface area contributed by atoms with Gasteiger partial charge in [-0.25, -0.2) is 9.13 Å². The number of rotatable bonds is 4. The van der Waals surface area contributed by atoms with E-state index in [-0.39, 0.29) is 7.43 Å². The molecule has 0 spiro atoms. The predicted molar refractivity (Wildman–Crippen MR) is 118 cm³/mol. The summed E-state index contributed by atoms with van der Waals surface area (Å²) >= 11 is 0. The lowest BCUT2D eigenvalue weighted by atomic mass is 10.4. The highest BCUT2D eigenvalue weighted by atomic mass is 31.2. The molecule has 176 valence electrons. The van der Waals surface area contributed by atoms with Gasteiger partial charge in [-0.15, -0.1) is 0 Å². The second-order valence-corrected chi connectivity index (χ2v) is 7.08. The van der Waals surface area contributed by atoms with Gasteiger partial charge in [0.2, 0.25) is 0 Å². The second kappa shape index (κ2) is 40.8. The number of hydrogen-bond donors (Lipinski definition) is 6. The first-order valence-corrected chi connectivity index (χ1v) is 12.4. The highest BCUT2D eigenvalue weighted by Crippen LogP contribution is 2.26. The van der Waals surface area contributed by atoms with Crippen LogP contribution in [0.25, 0.3) is 0 Å². The quantitative estimate of drug-likeness (QED) is 0.288. The van der Waals surface area contributed by atoms with Gasteiger partial charge in [-0.2, -0.15) is 0 Å². The Morgan fingerprint density at radius 1 is 0.407 bits per heavy atom. The van der Waals surface area contributed by atoms with Crippen molar-refractivity contribution in [2.75, 3.05) is 0 Å². The van der Waals surface area contributed by atoms with Crippen LogP contribution in [0.1, 0.15) is 114 Å². The molecule has 0 rings (SSSR count). The van der Waals surface area contributed by atoms with Crippen LogP contribution in [-0.4, -0.2) is 29.4 Å². The molecule has 0 bridgehead atoms. The Bertz CT molecular complexity index is 218. The predicted octanol–water partition coefficient (Wildman–Crippen LogP) is 6.00. The minimum Gasteiger partial charge on any atom is -0.303 e. The van der Waals surface area contributed by atoms with Crippen LogP contribution in [0.2, 0.25) is 0 Å². The Morgan fingerprint density at radius 3 is 0.444 bits per heavy atom. The van der Waals surface area contributed by atoms with E-state index in [2.05, 4.69) is 55.4 Å². The van der Waals surface area contributed by atoms with E-state index in [0.29, 0.717) is 0 Å². The summed E-state index contributed by atoms with van der Waals surface area (Å²) in [6.07, 6.45) is 10.6. The zero-order valence-electron chi connectivity index (χ0n) is 18.1. The molecular formula is C17H50O8P2. The van der Waals surface area contributed by atoms with Gasteiger partial charge in [0.25, 0.3) is 0 Å². The van der Waals surface area contributed by atoms with Crippen molar-refractivity contribution in [3.05, 3.63) is 0 Å². The van der Waals surface area contributed by atoms with Crippen molar-refractivity contribution in [1.29, 1.82) is 0 Å². The first-order valence-electron chi connectivity index (χ1n) is 9.22. The molecule has 0 heterocycles. The van der Waals surface area contributed by atoms with Gasteiger partial charge in [0.05, 0.1) is 0 Å². The summed E-state index contributed by atoms with van der Waals surface area (Å²) in [6, 6.07) is 0. The molecule has 0 aromatic heterocycles. The molecule has 0 saturated heterocycles. The van der Waals surface area contributed by atoms with Gasteiger partial charge in [-0.1, -0.05) is 114 Å². The van der Waals surface area contributed by atoms with E-state index in [0.717, 1.165) is 0 Å². The molecule has 0 aliphatic heterocycles. The zero-order chi connectivity index (χ0) is 22.7. The topological polar surface area (TPSA) is 156 Å². The van der Waals surface area contributed by atoms with Crippen LogP contribution in [0, 0.1) is 0 Å². The number of phosphoric acid groups is 2. The lowest BCUT2D eigenvalue weighted by Crippen LogP contribution is -1.66. The summed E-state index contributed by atoms with van der Waals surface area (Å²) in [7, 11) is -9.28. The van der Waals surface area contributed by atoms with Crippen LogP contribution in [0.5, 0.6) is 0 Å². The fourth-order valence-corrected chi connectivity index (χ4v) is 0. The third-order valence-electron chi connectivity index (χ3n) is 2.00. The molecule has 0 atom stereocenters. The summed E-state index contributed by atoms with van der Waals surface area (Å²) in [6.45, 7) is 17.4. The molecule has 0 aliphatic carbocycles. The van der Waals surface area contributed by atoms with Crippen LogP contribution in [0.15, 0.2) is 0 Å². The highest BCUT2D eigenvalue weighted by Gasteiger charge is 2.00. The average Bonchev–Trinajstić information content (AvgIpc) is 2.52. The first-order chi connectivity index (χ1) is 11.7. The van der Waals surface area contributed by atoms with Crippen molar-refractivity contribution < 1.29 is 38.5 Å². The van der Waals surface area contributed by atoms with Crippen molar-refractivity contribution in [2.24, 2.45) is 0 Å². The van der Waals surface area contributed by atoms with E-state index in [1.165, 1.54) is 51.4 Å².